The summed E-state index contributed by atoms with van der Waals surface area (Å²) in [7, 11) is 1.90. The van der Waals surface area contributed by atoms with Crippen LogP contribution in [-0.4, -0.2) is 23.5 Å². The molecule has 1 aromatic heterocycles. The number of aryl methyl sites for hydroxylation is 1. The first-order valence-electron chi connectivity index (χ1n) is 7.60. The van der Waals surface area contributed by atoms with Crippen LogP contribution in [0.5, 0.6) is 11.5 Å². The predicted molar refractivity (Wildman–Crippen MR) is 95.6 cm³/mol. The Morgan fingerprint density at radius 3 is 2.88 bits per heavy atom. The number of hydrogen-bond acceptors (Lipinski definition) is 4. The lowest BCUT2D eigenvalue weighted by Gasteiger charge is -2.02. The van der Waals surface area contributed by atoms with Gasteiger partial charge in [-0.05, 0) is 12.1 Å². The molecule has 2 aromatic carbocycles. The number of halogens is 1. The molecule has 0 aliphatic carbocycles. The summed E-state index contributed by atoms with van der Waals surface area (Å²) in [6.07, 6.45) is 3.26. The first-order valence-corrected chi connectivity index (χ1v) is 7.98. The number of hydrogen-bond donors (Lipinski definition) is 1. The largest absolute Gasteiger partial charge is 0.454 e. The molecule has 7 heteroatoms. The number of nitrogens with zero attached hydrogens (tertiary/aromatic N) is 2. The van der Waals surface area contributed by atoms with E-state index in [2.05, 4.69) is 10.5 Å². The van der Waals surface area contributed by atoms with Crippen LogP contribution < -0.4 is 14.9 Å². The zero-order valence-electron chi connectivity index (χ0n) is 13.3. The lowest BCUT2D eigenvalue weighted by atomic mass is 10.2. The van der Waals surface area contributed by atoms with E-state index in [1.165, 1.54) is 6.21 Å². The molecule has 0 radical (unpaired) electrons. The average Bonchev–Trinajstić information content (AvgIpc) is 3.19. The van der Waals surface area contributed by atoms with Crippen molar-refractivity contribution in [3.63, 3.8) is 0 Å². The molecule has 0 atom stereocenters. The molecule has 4 rings (SSSR count). The number of ether oxygens (including phenoxy) is 2. The summed E-state index contributed by atoms with van der Waals surface area (Å²) in [5.74, 6) is 0.915. The molecule has 0 saturated heterocycles. The van der Waals surface area contributed by atoms with Gasteiger partial charge in [-0.3, -0.25) is 4.79 Å². The van der Waals surface area contributed by atoms with Gasteiger partial charge < -0.3 is 14.0 Å². The van der Waals surface area contributed by atoms with E-state index in [4.69, 9.17) is 21.1 Å². The van der Waals surface area contributed by atoms with Crippen molar-refractivity contribution in [2.45, 2.75) is 0 Å². The minimum absolute atomic E-state index is 0.171. The van der Waals surface area contributed by atoms with Gasteiger partial charge in [0.1, 0.15) is 0 Å². The number of rotatable bonds is 3. The molecular weight excluding hydrogens is 342 g/mol. The van der Waals surface area contributed by atoms with Crippen LogP contribution in [0.3, 0.4) is 0 Å². The zero-order valence-corrected chi connectivity index (χ0v) is 14.1. The zero-order chi connectivity index (χ0) is 17.4. The average molecular weight is 356 g/mol. The molecule has 1 aliphatic rings. The number of aromatic nitrogens is 1. The SMILES string of the molecule is Cn1cc(C(=O)NN=Cc2cc3c(cc2Cl)OCO3)c2ccccc21. The Labute approximate surface area is 148 Å². The van der Waals surface area contributed by atoms with Crippen LogP contribution in [0.4, 0.5) is 0 Å². The summed E-state index contributed by atoms with van der Waals surface area (Å²) >= 11 is 6.18. The number of carbonyl (C=O) groups excluding carboxylic acids is 1. The van der Waals surface area contributed by atoms with E-state index in [1.807, 2.05) is 35.9 Å². The molecule has 0 bridgehead atoms. The van der Waals surface area contributed by atoms with Crippen molar-refractivity contribution in [2.75, 3.05) is 6.79 Å². The highest BCUT2D eigenvalue weighted by Crippen LogP contribution is 2.36. The van der Waals surface area contributed by atoms with Crippen molar-refractivity contribution < 1.29 is 14.3 Å². The molecule has 0 spiro atoms. The van der Waals surface area contributed by atoms with Gasteiger partial charge in [-0.25, -0.2) is 5.43 Å². The van der Waals surface area contributed by atoms with E-state index >= 15 is 0 Å². The van der Waals surface area contributed by atoms with Crippen molar-refractivity contribution in [1.29, 1.82) is 0 Å². The normalized spacial score (nSPS) is 12.9. The van der Waals surface area contributed by atoms with Gasteiger partial charge in [0.2, 0.25) is 6.79 Å². The Morgan fingerprint density at radius 1 is 1.28 bits per heavy atom. The fourth-order valence-corrected chi connectivity index (χ4v) is 2.98. The first-order chi connectivity index (χ1) is 12.1. The number of carbonyl (C=O) groups is 1. The topological polar surface area (TPSA) is 64.9 Å². The maximum atomic E-state index is 12.4. The number of benzene rings is 2. The highest BCUT2D eigenvalue weighted by atomic mass is 35.5. The van der Waals surface area contributed by atoms with Gasteiger partial charge >= 0.3 is 0 Å². The van der Waals surface area contributed by atoms with Gasteiger partial charge in [-0.2, -0.15) is 5.10 Å². The Balaban J connectivity index is 1.55. The van der Waals surface area contributed by atoms with Crippen LogP contribution in [0.25, 0.3) is 10.9 Å². The van der Waals surface area contributed by atoms with Gasteiger partial charge in [0.15, 0.2) is 11.5 Å². The van der Waals surface area contributed by atoms with Gasteiger partial charge in [0.05, 0.1) is 16.8 Å². The molecule has 0 unspecified atom stereocenters. The summed E-state index contributed by atoms with van der Waals surface area (Å²) in [5, 5.41) is 5.34. The van der Waals surface area contributed by atoms with Crippen molar-refractivity contribution in [3.8, 4) is 11.5 Å². The third-order valence-corrected chi connectivity index (χ3v) is 4.33. The first kappa shape index (κ1) is 15.5. The van der Waals surface area contributed by atoms with Crippen LogP contribution in [0.2, 0.25) is 5.02 Å². The van der Waals surface area contributed by atoms with Gasteiger partial charge in [0, 0.05) is 35.8 Å². The van der Waals surface area contributed by atoms with E-state index in [0.717, 1.165) is 10.9 Å². The summed E-state index contributed by atoms with van der Waals surface area (Å²) in [4.78, 5) is 12.4. The Hall–Kier alpha value is -2.99. The predicted octanol–water partition coefficient (Wildman–Crippen LogP) is 3.32. The van der Waals surface area contributed by atoms with Crippen molar-refractivity contribution in [3.05, 3.63) is 58.7 Å². The second-order valence-electron chi connectivity index (χ2n) is 5.60. The molecule has 2 heterocycles. The summed E-state index contributed by atoms with van der Waals surface area (Å²) in [5.41, 5.74) is 4.71. The Bertz CT molecular complexity index is 1010. The van der Waals surface area contributed by atoms with E-state index in [0.29, 0.717) is 27.6 Å². The van der Waals surface area contributed by atoms with Crippen LogP contribution in [0.1, 0.15) is 15.9 Å². The monoisotopic (exact) mass is 355 g/mol. The molecule has 6 nitrogen and oxygen atoms in total. The highest BCUT2D eigenvalue weighted by molar-refractivity contribution is 6.33. The quantitative estimate of drug-likeness (QED) is 0.579. The van der Waals surface area contributed by atoms with Crippen molar-refractivity contribution in [1.82, 2.24) is 9.99 Å². The summed E-state index contributed by atoms with van der Waals surface area (Å²) < 4.78 is 12.5. The fourth-order valence-electron chi connectivity index (χ4n) is 2.78. The molecule has 0 saturated carbocycles. The molecule has 3 aromatic rings. The lowest BCUT2D eigenvalue weighted by molar-refractivity contribution is 0.0956. The number of amides is 1. The Kier molecular flexibility index (Phi) is 3.82. The molecule has 0 fully saturated rings. The van der Waals surface area contributed by atoms with E-state index < -0.39 is 0 Å². The smallest absolute Gasteiger partial charge is 0.273 e. The minimum atomic E-state index is -0.287. The molecule has 1 N–H and O–H groups in total. The number of para-hydroxylation sites is 1. The van der Waals surface area contributed by atoms with Gasteiger partial charge in [-0.15, -0.1) is 0 Å². The van der Waals surface area contributed by atoms with E-state index in [9.17, 15) is 4.79 Å². The third kappa shape index (κ3) is 2.81. The molecule has 1 aliphatic heterocycles. The summed E-state index contributed by atoms with van der Waals surface area (Å²) in [6, 6.07) is 11.1. The van der Waals surface area contributed by atoms with Crippen LogP contribution >= 0.6 is 11.6 Å². The van der Waals surface area contributed by atoms with Gasteiger partial charge in [0.25, 0.3) is 5.91 Å². The maximum absolute atomic E-state index is 12.4. The highest BCUT2D eigenvalue weighted by Gasteiger charge is 2.16. The second kappa shape index (κ2) is 6.14. The summed E-state index contributed by atoms with van der Waals surface area (Å²) in [6.45, 7) is 0.171. The second-order valence-corrected chi connectivity index (χ2v) is 6.00. The van der Waals surface area contributed by atoms with Crippen molar-refractivity contribution >= 4 is 34.6 Å². The number of nitrogens with one attached hydrogen (secondary N) is 1. The minimum Gasteiger partial charge on any atom is -0.454 e. The molecule has 25 heavy (non-hydrogen) atoms. The van der Waals surface area contributed by atoms with Crippen molar-refractivity contribution in [2.24, 2.45) is 12.1 Å². The number of fused-ring (bicyclic) bond motifs is 2. The van der Waals surface area contributed by atoms with E-state index in [-0.39, 0.29) is 12.7 Å². The lowest BCUT2D eigenvalue weighted by Crippen LogP contribution is -2.17. The van der Waals surface area contributed by atoms with E-state index in [1.54, 1.807) is 18.3 Å². The molecular formula is C18H14ClN3O3. The standard InChI is InChI=1S/C18H14ClN3O3/c1-22-9-13(12-4-2-3-5-15(12)22)18(23)21-20-8-11-6-16-17(7-14(11)19)25-10-24-16/h2-9H,10H2,1H3,(H,21,23). The maximum Gasteiger partial charge on any atom is 0.273 e. The Morgan fingerprint density at radius 2 is 2.04 bits per heavy atom. The fraction of sp³-hybridized carbons (Fsp3) is 0.111. The molecule has 126 valence electrons. The van der Waals surface area contributed by atoms with Gasteiger partial charge in [-0.1, -0.05) is 29.8 Å². The number of hydrazone groups is 1. The van der Waals surface area contributed by atoms with Crippen LogP contribution in [0, 0.1) is 0 Å². The molecule has 1 amide bonds. The van der Waals surface area contributed by atoms with Crippen LogP contribution in [0.15, 0.2) is 47.7 Å². The van der Waals surface area contributed by atoms with Crippen LogP contribution in [-0.2, 0) is 7.05 Å². The third-order valence-electron chi connectivity index (χ3n) is 4.00.